The van der Waals surface area contributed by atoms with E-state index < -0.39 is 53.4 Å². The number of hydrogen-bond acceptors (Lipinski definition) is 4. The summed E-state index contributed by atoms with van der Waals surface area (Å²) < 4.78 is 76.1. The van der Waals surface area contributed by atoms with Crippen LogP contribution in [0.2, 0.25) is 5.02 Å². The molecule has 0 aliphatic carbocycles. The highest BCUT2D eigenvalue weighted by Gasteiger charge is 2.39. The Morgan fingerprint density at radius 2 is 2.00 bits per heavy atom. The monoisotopic (exact) mass is 529 g/mol. The van der Waals surface area contributed by atoms with E-state index in [0.717, 1.165) is 31.9 Å². The van der Waals surface area contributed by atoms with Gasteiger partial charge in [0, 0.05) is 12.2 Å². The number of ether oxygens (including phenoxy) is 1. The molecule has 3 aromatic rings. The van der Waals surface area contributed by atoms with Crippen LogP contribution < -0.4 is 10.1 Å². The molecule has 0 saturated carbocycles. The van der Waals surface area contributed by atoms with Crippen LogP contribution in [0.25, 0.3) is 11.4 Å². The number of rotatable bonds is 6. The molecule has 4 rings (SSSR count). The van der Waals surface area contributed by atoms with E-state index >= 15 is 4.39 Å². The van der Waals surface area contributed by atoms with Gasteiger partial charge in [-0.3, -0.25) is 4.79 Å². The van der Waals surface area contributed by atoms with Gasteiger partial charge in [-0.05, 0) is 50.5 Å². The molecule has 0 spiro atoms. The summed E-state index contributed by atoms with van der Waals surface area (Å²) in [5, 5.41) is 11.7. The van der Waals surface area contributed by atoms with Crippen molar-refractivity contribution in [1.82, 2.24) is 9.55 Å². The summed E-state index contributed by atoms with van der Waals surface area (Å²) in [6.07, 6.45) is -4.92. The SMILES string of the molecule is CC(Oc1cc(-c2nc(CO)c3n2CCCC3)c(F)cc1C(=O)Nc1c(F)cccc1Cl)C(F)(F)F. The number of benzene rings is 2. The molecule has 1 aliphatic heterocycles. The number of aliphatic hydroxyl groups is 1. The van der Waals surface area contributed by atoms with Crippen LogP contribution in [0.5, 0.6) is 5.75 Å². The van der Waals surface area contributed by atoms with Gasteiger partial charge < -0.3 is 19.7 Å². The van der Waals surface area contributed by atoms with Gasteiger partial charge in [0.2, 0.25) is 0 Å². The minimum atomic E-state index is -4.78. The molecule has 6 nitrogen and oxygen atoms in total. The van der Waals surface area contributed by atoms with Crippen LogP contribution in [0.4, 0.5) is 27.6 Å². The first-order chi connectivity index (χ1) is 17.0. The molecular formula is C24H21ClF5N3O3. The van der Waals surface area contributed by atoms with Gasteiger partial charge in [0.05, 0.1) is 34.1 Å². The topological polar surface area (TPSA) is 76.4 Å². The van der Waals surface area contributed by atoms with Gasteiger partial charge >= 0.3 is 6.18 Å². The number of hydrogen-bond donors (Lipinski definition) is 2. The molecule has 0 radical (unpaired) electrons. The highest BCUT2D eigenvalue weighted by Crippen LogP contribution is 2.36. The second-order valence-corrected chi connectivity index (χ2v) is 8.68. The molecule has 1 aliphatic rings. The molecule has 0 saturated heterocycles. The molecule has 1 unspecified atom stereocenters. The smallest absolute Gasteiger partial charge is 0.425 e. The third-order valence-corrected chi connectivity index (χ3v) is 6.19. The average Bonchev–Trinajstić information content (AvgIpc) is 3.20. The quantitative estimate of drug-likeness (QED) is 0.390. The minimum absolute atomic E-state index is 0.0971. The van der Waals surface area contributed by atoms with Crippen LogP contribution in [-0.2, 0) is 19.6 Å². The maximum Gasteiger partial charge on any atom is 0.425 e. The van der Waals surface area contributed by atoms with E-state index in [1.807, 2.05) is 0 Å². The number of imidazole rings is 1. The first-order valence-electron chi connectivity index (χ1n) is 11.0. The van der Waals surface area contributed by atoms with Crippen molar-refractivity contribution < 1.29 is 36.6 Å². The fourth-order valence-corrected chi connectivity index (χ4v) is 4.22. The number of carbonyl (C=O) groups excluding carboxylic acids is 1. The number of aromatic nitrogens is 2. The van der Waals surface area contributed by atoms with Crippen molar-refractivity contribution >= 4 is 23.2 Å². The Morgan fingerprint density at radius 3 is 2.67 bits per heavy atom. The van der Waals surface area contributed by atoms with E-state index in [2.05, 4.69) is 10.3 Å². The predicted octanol–water partition coefficient (Wildman–Crippen LogP) is 5.89. The van der Waals surface area contributed by atoms with E-state index in [1.54, 1.807) is 4.57 Å². The summed E-state index contributed by atoms with van der Waals surface area (Å²) in [6.45, 7) is 0.815. The molecule has 0 bridgehead atoms. The summed E-state index contributed by atoms with van der Waals surface area (Å²) in [5.41, 5.74) is -0.174. The number of aliphatic hydroxyl groups excluding tert-OH is 1. The molecule has 12 heteroatoms. The van der Waals surface area contributed by atoms with Crippen molar-refractivity contribution in [2.24, 2.45) is 0 Å². The highest BCUT2D eigenvalue weighted by molar-refractivity contribution is 6.34. The zero-order valence-corrected chi connectivity index (χ0v) is 19.7. The summed E-state index contributed by atoms with van der Waals surface area (Å²) in [7, 11) is 0. The lowest BCUT2D eigenvalue weighted by molar-refractivity contribution is -0.189. The van der Waals surface area contributed by atoms with E-state index in [9.17, 15) is 27.5 Å². The summed E-state index contributed by atoms with van der Waals surface area (Å²) in [6, 6.07) is 5.29. The van der Waals surface area contributed by atoms with Crippen molar-refractivity contribution in [1.29, 1.82) is 0 Å². The lowest BCUT2D eigenvalue weighted by atomic mass is 10.1. The molecule has 36 heavy (non-hydrogen) atoms. The number of nitrogens with zero attached hydrogens (tertiary/aromatic N) is 2. The molecule has 2 N–H and O–H groups in total. The fraction of sp³-hybridized carbons (Fsp3) is 0.333. The molecule has 0 fully saturated rings. The largest absolute Gasteiger partial charge is 0.480 e. The maximum atomic E-state index is 15.4. The predicted molar refractivity (Wildman–Crippen MR) is 122 cm³/mol. The molecule has 1 amide bonds. The number of fused-ring (bicyclic) bond motifs is 1. The van der Waals surface area contributed by atoms with E-state index in [4.69, 9.17) is 16.3 Å². The van der Waals surface area contributed by atoms with Gasteiger partial charge in [-0.15, -0.1) is 0 Å². The van der Waals surface area contributed by atoms with E-state index in [1.165, 1.54) is 12.1 Å². The Bertz CT molecular complexity index is 1290. The second-order valence-electron chi connectivity index (χ2n) is 8.28. The summed E-state index contributed by atoms with van der Waals surface area (Å²) >= 11 is 5.92. The first-order valence-corrected chi connectivity index (χ1v) is 11.4. The van der Waals surface area contributed by atoms with Gasteiger partial charge in [-0.2, -0.15) is 13.2 Å². The van der Waals surface area contributed by atoms with E-state index in [0.29, 0.717) is 30.4 Å². The Kier molecular flexibility index (Phi) is 7.24. The van der Waals surface area contributed by atoms with Crippen LogP contribution in [0.3, 0.4) is 0 Å². The zero-order chi connectivity index (χ0) is 26.2. The van der Waals surface area contributed by atoms with Gasteiger partial charge in [-0.1, -0.05) is 17.7 Å². The van der Waals surface area contributed by atoms with Crippen LogP contribution in [0.15, 0.2) is 30.3 Å². The van der Waals surface area contributed by atoms with Gasteiger partial charge in [0.15, 0.2) is 6.10 Å². The second kappa shape index (κ2) is 10.1. The number of para-hydroxylation sites is 1. The average molecular weight is 530 g/mol. The van der Waals surface area contributed by atoms with Gasteiger partial charge in [0.25, 0.3) is 5.91 Å². The molecule has 1 atom stereocenters. The number of alkyl halides is 3. The van der Waals surface area contributed by atoms with E-state index in [-0.39, 0.29) is 16.4 Å². The Hall–Kier alpha value is -3.18. The number of amides is 1. The van der Waals surface area contributed by atoms with Crippen LogP contribution >= 0.6 is 11.6 Å². The summed E-state index contributed by atoms with van der Waals surface area (Å²) in [5.74, 6) is -3.47. The number of anilines is 1. The van der Waals surface area contributed by atoms with Crippen molar-refractivity contribution in [2.45, 2.75) is 51.6 Å². The molecule has 2 heterocycles. The lowest BCUT2D eigenvalue weighted by Crippen LogP contribution is -2.32. The van der Waals surface area contributed by atoms with Crippen molar-refractivity contribution in [3.8, 4) is 17.1 Å². The van der Waals surface area contributed by atoms with Gasteiger partial charge in [-0.25, -0.2) is 13.8 Å². The number of halogens is 6. The Labute approximate surface area is 207 Å². The zero-order valence-electron chi connectivity index (χ0n) is 18.9. The third-order valence-electron chi connectivity index (χ3n) is 5.87. The van der Waals surface area contributed by atoms with Gasteiger partial charge in [0.1, 0.15) is 23.2 Å². The minimum Gasteiger partial charge on any atom is -0.480 e. The summed E-state index contributed by atoms with van der Waals surface area (Å²) in [4.78, 5) is 17.2. The van der Waals surface area contributed by atoms with Crippen molar-refractivity contribution in [3.05, 3.63) is 63.9 Å². The molecule has 1 aromatic heterocycles. The molecule has 2 aromatic carbocycles. The normalized spacial score (nSPS) is 14.3. The fourth-order valence-electron chi connectivity index (χ4n) is 4.01. The number of carbonyl (C=O) groups is 1. The first kappa shape index (κ1) is 25.9. The van der Waals surface area contributed by atoms with Crippen LogP contribution in [0.1, 0.15) is 41.5 Å². The number of nitrogens with one attached hydrogen (secondary N) is 1. The van der Waals surface area contributed by atoms with Crippen LogP contribution in [-0.4, -0.2) is 32.8 Å². The standard InChI is InChI=1S/C24H21ClF5N3O3/c1-12(24(28,29)30)36-20-10-13(22-31-18(11-34)19-7-2-3-8-33(19)22)17(27)9-14(20)23(35)32-21-15(25)5-4-6-16(21)26/h4-6,9-10,12,34H,2-3,7-8,11H2,1H3,(H,32,35). The Balaban J connectivity index is 1.82. The molecular weight excluding hydrogens is 509 g/mol. The lowest BCUT2D eigenvalue weighted by Gasteiger charge is -2.21. The van der Waals surface area contributed by atoms with Crippen LogP contribution in [0, 0.1) is 11.6 Å². The highest BCUT2D eigenvalue weighted by atomic mass is 35.5. The molecule has 192 valence electrons. The van der Waals surface area contributed by atoms with Crippen molar-refractivity contribution in [2.75, 3.05) is 5.32 Å². The maximum absolute atomic E-state index is 15.4. The third kappa shape index (κ3) is 5.03. The van der Waals surface area contributed by atoms with Crippen molar-refractivity contribution in [3.63, 3.8) is 0 Å². The Morgan fingerprint density at radius 1 is 1.25 bits per heavy atom.